The SMILES string of the molecule is CCN1C(=O)/C(=C\c2ccccc2OCc2ccc(Cl)c(Cl)c2)SC1=Nc1ccc(F)cc1. The van der Waals surface area contributed by atoms with E-state index in [9.17, 15) is 9.18 Å². The molecule has 1 heterocycles. The van der Waals surface area contributed by atoms with Crippen LogP contribution in [0.4, 0.5) is 10.1 Å². The van der Waals surface area contributed by atoms with Crippen molar-refractivity contribution in [2.75, 3.05) is 6.54 Å². The highest BCUT2D eigenvalue weighted by Crippen LogP contribution is 2.35. The maximum Gasteiger partial charge on any atom is 0.266 e. The van der Waals surface area contributed by atoms with Gasteiger partial charge in [0.05, 0.1) is 20.6 Å². The van der Waals surface area contributed by atoms with Crippen molar-refractivity contribution in [2.24, 2.45) is 4.99 Å². The first-order chi connectivity index (χ1) is 15.9. The number of likely N-dealkylation sites (N-methyl/N-ethyl adjacent to an activating group) is 1. The fourth-order valence-corrected chi connectivity index (χ4v) is 4.53. The molecular formula is C25H19Cl2FN2O2S. The van der Waals surface area contributed by atoms with E-state index in [0.29, 0.717) is 44.7 Å². The van der Waals surface area contributed by atoms with Gasteiger partial charge in [0, 0.05) is 12.1 Å². The summed E-state index contributed by atoms with van der Waals surface area (Å²) < 4.78 is 19.2. The van der Waals surface area contributed by atoms with E-state index in [2.05, 4.69) is 4.99 Å². The van der Waals surface area contributed by atoms with Gasteiger partial charge >= 0.3 is 0 Å². The van der Waals surface area contributed by atoms with Gasteiger partial charge in [-0.15, -0.1) is 0 Å². The normalized spacial score (nSPS) is 16.1. The Bertz CT molecular complexity index is 1250. The van der Waals surface area contributed by atoms with Crippen molar-refractivity contribution in [1.82, 2.24) is 4.90 Å². The molecule has 3 aromatic rings. The molecule has 1 saturated heterocycles. The molecule has 0 N–H and O–H groups in total. The van der Waals surface area contributed by atoms with Crippen molar-refractivity contribution < 1.29 is 13.9 Å². The zero-order valence-corrected chi connectivity index (χ0v) is 19.9. The molecule has 0 radical (unpaired) electrons. The number of thioether (sulfide) groups is 1. The Kier molecular flexibility index (Phi) is 7.38. The van der Waals surface area contributed by atoms with Gasteiger partial charge in [0.25, 0.3) is 5.91 Å². The molecule has 0 unspecified atom stereocenters. The molecule has 4 rings (SSSR count). The van der Waals surface area contributed by atoms with Crippen LogP contribution in [0, 0.1) is 5.82 Å². The Labute approximate surface area is 205 Å². The predicted octanol–water partition coefficient (Wildman–Crippen LogP) is 7.34. The molecule has 0 atom stereocenters. The van der Waals surface area contributed by atoms with E-state index in [-0.39, 0.29) is 11.7 Å². The third kappa shape index (κ3) is 5.58. The lowest BCUT2D eigenvalue weighted by Gasteiger charge is -2.12. The van der Waals surface area contributed by atoms with Crippen LogP contribution in [0.1, 0.15) is 18.1 Å². The van der Waals surface area contributed by atoms with Crippen molar-refractivity contribution in [3.8, 4) is 5.75 Å². The van der Waals surface area contributed by atoms with Gasteiger partial charge in [0.1, 0.15) is 18.2 Å². The van der Waals surface area contributed by atoms with Gasteiger partial charge in [0.15, 0.2) is 5.17 Å². The van der Waals surface area contributed by atoms with Crippen molar-refractivity contribution >= 4 is 57.8 Å². The van der Waals surface area contributed by atoms with Crippen molar-refractivity contribution in [3.63, 3.8) is 0 Å². The lowest BCUT2D eigenvalue weighted by Crippen LogP contribution is -2.28. The number of carbonyl (C=O) groups is 1. The zero-order valence-electron chi connectivity index (χ0n) is 17.6. The summed E-state index contributed by atoms with van der Waals surface area (Å²) in [5.41, 5.74) is 2.23. The summed E-state index contributed by atoms with van der Waals surface area (Å²) >= 11 is 13.3. The number of amides is 1. The van der Waals surface area contributed by atoms with Crippen LogP contribution in [0.15, 0.2) is 76.6 Å². The zero-order chi connectivity index (χ0) is 23.4. The highest BCUT2D eigenvalue weighted by Gasteiger charge is 2.32. The minimum atomic E-state index is -0.334. The van der Waals surface area contributed by atoms with E-state index in [4.69, 9.17) is 27.9 Å². The van der Waals surface area contributed by atoms with Crippen LogP contribution in [-0.4, -0.2) is 22.5 Å². The molecule has 1 aliphatic heterocycles. The van der Waals surface area contributed by atoms with E-state index in [0.717, 1.165) is 11.1 Å². The predicted molar refractivity (Wildman–Crippen MR) is 134 cm³/mol. The molecule has 4 nitrogen and oxygen atoms in total. The number of para-hydroxylation sites is 1. The number of rotatable bonds is 6. The highest BCUT2D eigenvalue weighted by atomic mass is 35.5. The molecule has 8 heteroatoms. The summed E-state index contributed by atoms with van der Waals surface area (Å²) in [4.78, 5) is 19.6. The number of benzene rings is 3. The van der Waals surface area contributed by atoms with Gasteiger partial charge in [-0.2, -0.15) is 0 Å². The van der Waals surface area contributed by atoms with Gasteiger partial charge in [-0.05, 0) is 72.8 Å². The fourth-order valence-electron chi connectivity index (χ4n) is 3.16. The smallest absolute Gasteiger partial charge is 0.266 e. The lowest BCUT2D eigenvalue weighted by atomic mass is 10.1. The molecule has 0 bridgehead atoms. The molecule has 0 spiro atoms. The number of aliphatic imine (C=N–C) groups is 1. The van der Waals surface area contributed by atoms with E-state index in [1.807, 2.05) is 37.3 Å². The molecule has 33 heavy (non-hydrogen) atoms. The summed E-state index contributed by atoms with van der Waals surface area (Å²) in [5.74, 6) is 0.165. The maximum absolute atomic E-state index is 13.2. The van der Waals surface area contributed by atoms with Crippen LogP contribution in [0.2, 0.25) is 10.0 Å². The first-order valence-corrected chi connectivity index (χ1v) is 11.7. The standard InChI is InChI=1S/C25H19Cl2FN2O2S/c1-2-30-24(31)23(33-25(30)29-19-10-8-18(28)9-11-19)14-17-5-3-4-6-22(17)32-15-16-7-12-20(26)21(27)13-16/h3-14H,2,15H2,1H3/b23-14+,29-25?. The van der Waals surface area contributed by atoms with Crippen LogP contribution in [0.3, 0.4) is 0 Å². The number of amidine groups is 1. The van der Waals surface area contributed by atoms with Gasteiger partial charge in [-0.3, -0.25) is 9.69 Å². The number of hydrogen-bond acceptors (Lipinski definition) is 4. The van der Waals surface area contributed by atoms with Crippen LogP contribution < -0.4 is 4.74 Å². The molecule has 0 aliphatic carbocycles. The Morgan fingerprint density at radius 1 is 1.06 bits per heavy atom. The van der Waals surface area contributed by atoms with Gasteiger partial charge in [-0.1, -0.05) is 47.5 Å². The third-order valence-corrected chi connectivity index (χ3v) is 6.59. The van der Waals surface area contributed by atoms with Gasteiger partial charge < -0.3 is 4.74 Å². The minimum absolute atomic E-state index is 0.136. The molecule has 1 fully saturated rings. The molecule has 0 saturated carbocycles. The van der Waals surface area contributed by atoms with E-state index < -0.39 is 0 Å². The van der Waals surface area contributed by atoms with Gasteiger partial charge in [-0.25, -0.2) is 9.38 Å². The first kappa shape index (κ1) is 23.4. The third-order valence-electron chi connectivity index (χ3n) is 4.84. The summed E-state index contributed by atoms with van der Waals surface area (Å²) in [6.07, 6.45) is 1.80. The topological polar surface area (TPSA) is 41.9 Å². The summed E-state index contributed by atoms with van der Waals surface area (Å²) in [7, 11) is 0. The fraction of sp³-hybridized carbons (Fsp3) is 0.120. The summed E-state index contributed by atoms with van der Waals surface area (Å²) in [6, 6.07) is 18.7. The molecule has 1 aliphatic rings. The number of hydrogen-bond donors (Lipinski definition) is 0. The lowest BCUT2D eigenvalue weighted by molar-refractivity contribution is -0.122. The molecule has 1 amide bonds. The van der Waals surface area contributed by atoms with Crippen LogP contribution >= 0.6 is 35.0 Å². The van der Waals surface area contributed by atoms with Crippen LogP contribution in [-0.2, 0) is 11.4 Å². The average molecular weight is 501 g/mol. The van der Waals surface area contributed by atoms with Crippen molar-refractivity contribution in [1.29, 1.82) is 0 Å². The van der Waals surface area contributed by atoms with Gasteiger partial charge in [0.2, 0.25) is 0 Å². The number of ether oxygens (including phenoxy) is 1. The summed E-state index contributed by atoms with van der Waals surface area (Å²) in [6.45, 7) is 2.66. The molecule has 168 valence electrons. The Hall–Kier alpha value is -2.80. The second-order valence-electron chi connectivity index (χ2n) is 7.11. The maximum atomic E-state index is 13.2. The van der Waals surface area contributed by atoms with Crippen LogP contribution in [0.5, 0.6) is 5.75 Å². The number of halogens is 3. The van der Waals surface area contributed by atoms with Crippen LogP contribution in [0.25, 0.3) is 6.08 Å². The highest BCUT2D eigenvalue weighted by molar-refractivity contribution is 8.18. The van der Waals surface area contributed by atoms with Crippen molar-refractivity contribution in [2.45, 2.75) is 13.5 Å². The van der Waals surface area contributed by atoms with E-state index in [1.54, 1.807) is 35.2 Å². The minimum Gasteiger partial charge on any atom is -0.488 e. The molecular weight excluding hydrogens is 482 g/mol. The second-order valence-corrected chi connectivity index (χ2v) is 8.93. The second kappa shape index (κ2) is 10.4. The van der Waals surface area contributed by atoms with E-state index >= 15 is 0 Å². The molecule has 3 aromatic carbocycles. The Balaban J connectivity index is 1.57. The Morgan fingerprint density at radius 2 is 1.82 bits per heavy atom. The number of nitrogens with zero attached hydrogens (tertiary/aromatic N) is 2. The average Bonchev–Trinajstić information content (AvgIpc) is 3.10. The monoisotopic (exact) mass is 500 g/mol. The Morgan fingerprint density at radius 3 is 2.55 bits per heavy atom. The van der Waals surface area contributed by atoms with Crippen molar-refractivity contribution in [3.05, 3.63) is 98.6 Å². The number of carbonyl (C=O) groups excluding carboxylic acids is 1. The summed E-state index contributed by atoms with van der Waals surface area (Å²) in [5, 5.41) is 1.50. The largest absolute Gasteiger partial charge is 0.488 e. The molecule has 0 aromatic heterocycles. The van der Waals surface area contributed by atoms with E-state index in [1.165, 1.54) is 23.9 Å². The first-order valence-electron chi connectivity index (χ1n) is 10.2. The quantitative estimate of drug-likeness (QED) is 0.332.